The lowest BCUT2D eigenvalue weighted by Crippen LogP contribution is -2.57. The molecule has 2 saturated heterocycles. The molecule has 0 saturated carbocycles. The number of nitrogens with two attached hydrogens (primary N) is 2. The summed E-state index contributed by atoms with van der Waals surface area (Å²) >= 11 is 1.57. The van der Waals surface area contributed by atoms with Gasteiger partial charge in [0.1, 0.15) is 18.1 Å². The Kier molecular flexibility index (Phi) is 9.11. The van der Waals surface area contributed by atoms with E-state index in [-0.39, 0.29) is 12.5 Å². The molecular weight excluding hydrogens is 426 g/mol. The molecule has 0 aromatic carbocycles. The number of nitrogens with zero attached hydrogens (tertiary/aromatic N) is 2. The molecule has 12 heteroatoms. The highest BCUT2D eigenvalue weighted by Gasteiger charge is 2.41. The molecule has 0 radical (unpaired) electrons. The number of rotatable bonds is 10. The number of likely N-dealkylation sites (tertiary alicyclic amines) is 2. The maximum absolute atomic E-state index is 12.9. The van der Waals surface area contributed by atoms with E-state index in [1.54, 1.807) is 11.8 Å². The highest BCUT2D eigenvalue weighted by molar-refractivity contribution is 7.98. The Bertz CT molecular complexity index is 720. The Hall–Kier alpha value is -2.34. The maximum atomic E-state index is 12.9. The van der Waals surface area contributed by atoms with Gasteiger partial charge in [-0.1, -0.05) is 0 Å². The van der Waals surface area contributed by atoms with Gasteiger partial charge in [0.05, 0.1) is 12.5 Å². The fourth-order valence-corrected chi connectivity index (χ4v) is 4.53. The molecule has 0 bridgehead atoms. The summed E-state index contributed by atoms with van der Waals surface area (Å²) in [5.41, 5.74) is 11.2. The molecule has 0 spiro atoms. The molecule has 2 fully saturated rings. The molecule has 0 aromatic heterocycles. The van der Waals surface area contributed by atoms with Gasteiger partial charge in [0.2, 0.25) is 23.6 Å². The van der Waals surface area contributed by atoms with Crippen LogP contribution in [0.5, 0.6) is 0 Å². The van der Waals surface area contributed by atoms with Gasteiger partial charge >= 0.3 is 5.97 Å². The molecule has 2 rings (SSSR count). The monoisotopic (exact) mass is 457 g/mol. The van der Waals surface area contributed by atoms with Crippen LogP contribution in [-0.4, -0.2) is 93.8 Å². The molecule has 31 heavy (non-hydrogen) atoms. The minimum atomic E-state index is -1.28. The van der Waals surface area contributed by atoms with E-state index in [4.69, 9.17) is 11.5 Å². The number of carboxylic acids is 1. The lowest BCUT2D eigenvalue weighted by atomic mass is 10.1. The molecule has 11 nitrogen and oxygen atoms in total. The van der Waals surface area contributed by atoms with Crippen molar-refractivity contribution in [3.63, 3.8) is 0 Å². The summed E-state index contributed by atoms with van der Waals surface area (Å²) < 4.78 is 0. The normalized spacial score (nSPS) is 22.8. The Morgan fingerprint density at radius 2 is 1.65 bits per heavy atom. The zero-order valence-corrected chi connectivity index (χ0v) is 18.4. The van der Waals surface area contributed by atoms with Gasteiger partial charge in [-0.05, 0) is 44.1 Å². The second kappa shape index (κ2) is 11.3. The SMILES string of the molecule is CSCCC(N)C(=O)N1CCCC1C(=O)NC(CC(N)=O)C(=O)N1CCCC1C(=O)O. The van der Waals surface area contributed by atoms with Gasteiger partial charge in [-0.3, -0.25) is 19.2 Å². The molecule has 4 atom stereocenters. The zero-order chi connectivity index (χ0) is 23.1. The Morgan fingerprint density at radius 1 is 1.06 bits per heavy atom. The van der Waals surface area contributed by atoms with E-state index in [0.29, 0.717) is 44.4 Å². The molecule has 4 unspecified atom stereocenters. The first-order valence-electron chi connectivity index (χ1n) is 10.3. The summed E-state index contributed by atoms with van der Waals surface area (Å²) in [6.07, 6.45) is 3.78. The van der Waals surface area contributed by atoms with Crippen LogP contribution < -0.4 is 16.8 Å². The van der Waals surface area contributed by atoms with Crippen LogP contribution in [0, 0.1) is 0 Å². The summed E-state index contributed by atoms with van der Waals surface area (Å²) in [6.45, 7) is 0.602. The average molecular weight is 458 g/mol. The van der Waals surface area contributed by atoms with Crippen LogP contribution in [0.15, 0.2) is 0 Å². The van der Waals surface area contributed by atoms with Crippen molar-refractivity contribution >= 4 is 41.4 Å². The van der Waals surface area contributed by atoms with Crippen molar-refractivity contribution in [3.8, 4) is 0 Å². The van der Waals surface area contributed by atoms with E-state index < -0.39 is 54.3 Å². The topological polar surface area (TPSA) is 176 Å². The van der Waals surface area contributed by atoms with Crippen molar-refractivity contribution in [2.45, 2.75) is 62.7 Å². The van der Waals surface area contributed by atoms with Crippen molar-refractivity contribution in [1.29, 1.82) is 0 Å². The molecule has 4 amide bonds. The number of aliphatic carboxylic acids is 1. The molecular formula is C19H31N5O6S. The minimum Gasteiger partial charge on any atom is -0.480 e. The van der Waals surface area contributed by atoms with Crippen molar-refractivity contribution in [3.05, 3.63) is 0 Å². The summed E-state index contributed by atoms with van der Waals surface area (Å²) in [5.74, 6) is -2.79. The van der Waals surface area contributed by atoms with Crippen molar-refractivity contribution < 1.29 is 29.1 Å². The quantitative estimate of drug-likeness (QED) is 0.306. The lowest BCUT2D eigenvalue weighted by molar-refractivity contribution is -0.150. The fourth-order valence-electron chi connectivity index (χ4n) is 4.04. The van der Waals surface area contributed by atoms with Gasteiger partial charge < -0.3 is 31.7 Å². The lowest BCUT2D eigenvalue weighted by Gasteiger charge is -2.30. The van der Waals surface area contributed by atoms with Gasteiger partial charge in [-0.25, -0.2) is 4.79 Å². The van der Waals surface area contributed by atoms with E-state index in [0.717, 1.165) is 4.90 Å². The number of nitrogens with one attached hydrogen (secondary N) is 1. The number of hydrogen-bond acceptors (Lipinski definition) is 7. The highest BCUT2D eigenvalue weighted by atomic mass is 32.2. The summed E-state index contributed by atoms with van der Waals surface area (Å²) in [5, 5.41) is 11.9. The number of amides is 4. The van der Waals surface area contributed by atoms with Crippen LogP contribution in [0.3, 0.4) is 0 Å². The molecule has 174 valence electrons. The maximum Gasteiger partial charge on any atom is 0.326 e. The fraction of sp³-hybridized carbons (Fsp3) is 0.737. The zero-order valence-electron chi connectivity index (χ0n) is 17.6. The smallest absolute Gasteiger partial charge is 0.326 e. The molecule has 6 N–H and O–H groups in total. The largest absolute Gasteiger partial charge is 0.480 e. The molecule has 2 heterocycles. The van der Waals surface area contributed by atoms with Crippen LogP contribution in [0.2, 0.25) is 0 Å². The first-order chi connectivity index (χ1) is 14.7. The second-order valence-electron chi connectivity index (χ2n) is 7.84. The van der Waals surface area contributed by atoms with E-state index in [2.05, 4.69) is 5.32 Å². The first-order valence-corrected chi connectivity index (χ1v) is 11.7. The number of carbonyl (C=O) groups excluding carboxylic acids is 4. The van der Waals surface area contributed by atoms with Crippen LogP contribution in [0.25, 0.3) is 0 Å². The third-order valence-electron chi connectivity index (χ3n) is 5.63. The third kappa shape index (κ3) is 6.33. The van der Waals surface area contributed by atoms with Crippen LogP contribution >= 0.6 is 11.8 Å². The predicted molar refractivity (Wildman–Crippen MR) is 114 cm³/mol. The van der Waals surface area contributed by atoms with E-state index in [1.807, 2.05) is 6.26 Å². The van der Waals surface area contributed by atoms with Gasteiger partial charge in [-0.15, -0.1) is 0 Å². The van der Waals surface area contributed by atoms with Gasteiger partial charge in [-0.2, -0.15) is 11.8 Å². The number of carbonyl (C=O) groups is 5. The Balaban J connectivity index is 2.10. The summed E-state index contributed by atoms with van der Waals surface area (Å²) in [4.78, 5) is 64.1. The predicted octanol–water partition coefficient (Wildman–Crippen LogP) is -1.51. The molecule has 0 aliphatic carbocycles. The van der Waals surface area contributed by atoms with E-state index >= 15 is 0 Å². The Labute approximate surface area is 185 Å². The van der Waals surface area contributed by atoms with Gasteiger partial charge in [0.15, 0.2) is 0 Å². The summed E-state index contributed by atoms with van der Waals surface area (Å²) in [6, 6.07) is -3.80. The molecule has 2 aliphatic heterocycles. The van der Waals surface area contributed by atoms with Crippen molar-refractivity contribution in [1.82, 2.24) is 15.1 Å². The van der Waals surface area contributed by atoms with Crippen LogP contribution in [0.1, 0.15) is 38.5 Å². The summed E-state index contributed by atoms with van der Waals surface area (Å²) in [7, 11) is 0. The Morgan fingerprint density at radius 3 is 2.19 bits per heavy atom. The average Bonchev–Trinajstić information content (AvgIpc) is 3.39. The molecule has 2 aliphatic rings. The second-order valence-corrected chi connectivity index (χ2v) is 8.82. The highest BCUT2D eigenvalue weighted by Crippen LogP contribution is 2.21. The minimum absolute atomic E-state index is 0.221. The van der Waals surface area contributed by atoms with Crippen LogP contribution in [-0.2, 0) is 24.0 Å². The number of primary amides is 1. The van der Waals surface area contributed by atoms with E-state index in [9.17, 15) is 29.1 Å². The third-order valence-corrected chi connectivity index (χ3v) is 6.27. The van der Waals surface area contributed by atoms with Gasteiger partial charge in [0.25, 0.3) is 0 Å². The number of hydrogen-bond donors (Lipinski definition) is 4. The number of thioether (sulfide) groups is 1. The van der Waals surface area contributed by atoms with Crippen molar-refractivity contribution in [2.24, 2.45) is 11.5 Å². The number of carboxylic acid groups (broad SMARTS) is 1. The van der Waals surface area contributed by atoms with Crippen LogP contribution in [0.4, 0.5) is 0 Å². The van der Waals surface area contributed by atoms with E-state index in [1.165, 1.54) is 4.90 Å². The van der Waals surface area contributed by atoms with Gasteiger partial charge in [0, 0.05) is 13.1 Å². The first kappa shape index (κ1) is 24.9. The molecule has 0 aromatic rings. The standard InChI is InChI=1S/C19H31N5O6S/c1-31-9-6-11(20)17(27)23-7-2-4-13(23)16(26)22-12(10-15(21)25)18(28)24-8-3-5-14(24)19(29)30/h11-14H,2-10,20H2,1H3,(H2,21,25)(H,22,26)(H,29,30). The van der Waals surface area contributed by atoms with Crippen molar-refractivity contribution in [2.75, 3.05) is 25.1 Å².